The second-order valence-electron chi connectivity index (χ2n) is 5.22. The highest BCUT2D eigenvalue weighted by Crippen LogP contribution is 2.44. The van der Waals surface area contributed by atoms with E-state index < -0.39 is 11.5 Å². The fourth-order valence-electron chi connectivity index (χ4n) is 2.28. The van der Waals surface area contributed by atoms with Crippen LogP contribution in [0.1, 0.15) is 39.5 Å². The number of carbonyl (C=O) groups is 1. The van der Waals surface area contributed by atoms with Gasteiger partial charge in [0, 0.05) is 6.04 Å². The van der Waals surface area contributed by atoms with Gasteiger partial charge in [0.1, 0.15) is 5.54 Å². The summed E-state index contributed by atoms with van der Waals surface area (Å²) in [5, 5.41) is 12.5. The van der Waals surface area contributed by atoms with Gasteiger partial charge in [0.25, 0.3) is 0 Å². The maximum absolute atomic E-state index is 11.2. The summed E-state index contributed by atoms with van der Waals surface area (Å²) in [5.74, 6) is 0.558. The number of carboxylic acid groups (broad SMARTS) is 1. The van der Waals surface area contributed by atoms with Crippen LogP contribution in [0.5, 0.6) is 0 Å². The Hall–Kier alpha value is -0.570. The fourth-order valence-corrected chi connectivity index (χ4v) is 2.28. The Bertz CT molecular complexity index is 240. The predicted octanol–water partition coefficient (Wildman–Crippen LogP) is 1.63. The summed E-state index contributed by atoms with van der Waals surface area (Å²) in [6.07, 6.45) is 3.94. The Morgan fingerprint density at radius 3 is 2.36 bits per heavy atom. The molecule has 0 spiro atoms. The second kappa shape index (κ2) is 3.23. The summed E-state index contributed by atoms with van der Waals surface area (Å²) < 4.78 is 0. The SMILES string of the molecule is CC(C)C1CC(NC2CC2)(C(=O)O)C1. The van der Waals surface area contributed by atoms with Gasteiger partial charge < -0.3 is 5.11 Å². The molecular formula is C11H19NO2. The van der Waals surface area contributed by atoms with Gasteiger partial charge in [-0.25, -0.2) is 0 Å². The van der Waals surface area contributed by atoms with E-state index in [1.54, 1.807) is 0 Å². The molecular weight excluding hydrogens is 178 g/mol. The average Bonchev–Trinajstić information content (AvgIpc) is 2.77. The molecule has 0 saturated heterocycles. The van der Waals surface area contributed by atoms with Crippen molar-refractivity contribution < 1.29 is 9.90 Å². The van der Waals surface area contributed by atoms with Crippen LogP contribution in [0, 0.1) is 11.8 Å². The van der Waals surface area contributed by atoms with Crippen molar-refractivity contribution in [1.82, 2.24) is 5.32 Å². The zero-order valence-electron chi connectivity index (χ0n) is 8.92. The van der Waals surface area contributed by atoms with Crippen LogP contribution in [-0.4, -0.2) is 22.7 Å². The molecule has 0 aromatic carbocycles. The third-order valence-electron chi connectivity index (χ3n) is 3.63. The monoisotopic (exact) mass is 197 g/mol. The lowest BCUT2D eigenvalue weighted by Crippen LogP contribution is -2.62. The molecule has 0 heterocycles. The molecule has 0 atom stereocenters. The number of hydrogen-bond donors (Lipinski definition) is 2. The van der Waals surface area contributed by atoms with E-state index in [1.165, 1.54) is 0 Å². The Kier molecular flexibility index (Phi) is 2.30. The first-order valence-electron chi connectivity index (χ1n) is 5.54. The van der Waals surface area contributed by atoms with Crippen LogP contribution in [0.3, 0.4) is 0 Å². The van der Waals surface area contributed by atoms with Crippen molar-refractivity contribution in [3.8, 4) is 0 Å². The van der Waals surface area contributed by atoms with Crippen molar-refractivity contribution in [2.24, 2.45) is 11.8 Å². The Labute approximate surface area is 84.9 Å². The van der Waals surface area contributed by atoms with E-state index in [9.17, 15) is 9.90 Å². The van der Waals surface area contributed by atoms with Crippen LogP contribution in [0.2, 0.25) is 0 Å². The first kappa shape index (κ1) is 9.97. The maximum Gasteiger partial charge on any atom is 0.323 e. The summed E-state index contributed by atoms with van der Waals surface area (Å²) in [6, 6.07) is 0.485. The fraction of sp³-hybridized carbons (Fsp3) is 0.909. The topological polar surface area (TPSA) is 49.3 Å². The minimum Gasteiger partial charge on any atom is -0.480 e. The van der Waals surface area contributed by atoms with Gasteiger partial charge in [-0.1, -0.05) is 13.8 Å². The zero-order chi connectivity index (χ0) is 10.3. The van der Waals surface area contributed by atoms with Crippen molar-refractivity contribution in [1.29, 1.82) is 0 Å². The van der Waals surface area contributed by atoms with Gasteiger partial charge in [0.2, 0.25) is 0 Å². The summed E-state index contributed by atoms with van der Waals surface area (Å²) in [5.41, 5.74) is -0.573. The number of hydrogen-bond acceptors (Lipinski definition) is 2. The smallest absolute Gasteiger partial charge is 0.323 e. The molecule has 0 unspecified atom stereocenters. The van der Waals surface area contributed by atoms with Gasteiger partial charge >= 0.3 is 5.97 Å². The van der Waals surface area contributed by atoms with E-state index in [0.29, 0.717) is 17.9 Å². The summed E-state index contributed by atoms with van der Waals surface area (Å²) in [4.78, 5) is 11.2. The molecule has 3 nitrogen and oxygen atoms in total. The third-order valence-corrected chi connectivity index (χ3v) is 3.63. The van der Waals surface area contributed by atoms with Crippen molar-refractivity contribution >= 4 is 5.97 Å². The lowest BCUT2D eigenvalue weighted by molar-refractivity contribution is -0.152. The van der Waals surface area contributed by atoms with E-state index in [-0.39, 0.29) is 0 Å². The summed E-state index contributed by atoms with van der Waals surface area (Å²) in [7, 11) is 0. The highest BCUT2D eigenvalue weighted by molar-refractivity contribution is 5.80. The largest absolute Gasteiger partial charge is 0.480 e. The van der Waals surface area contributed by atoms with Gasteiger partial charge in [-0.05, 0) is 37.5 Å². The minimum atomic E-state index is -0.652. The molecule has 2 aliphatic rings. The van der Waals surface area contributed by atoms with E-state index in [1.807, 2.05) is 0 Å². The van der Waals surface area contributed by atoms with E-state index in [4.69, 9.17) is 0 Å². The average molecular weight is 197 g/mol. The number of rotatable bonds is 4. The lowest BCUT2D eigenvalue weighted by Gasteiger charge is -2.47. The molecule has 2 fully saturated rings. The zero-order valence-corrected chi connectivity index (χ0v) is 8.92. The molecule has 0 aliphatic heterocycles. The van der Waals surface area contributed by atoms with E-state index >= 15 is 0 Å². The van der Waals surface area contributed by atoms with Gasteiger partial charge in [0.05, 0.1) is 0 Å². The second-order valence-corrected chi connectivity index (χ2v) is 5.22. The normalized spacial score (nSPS) is 36.9. The molecule has 2 rings (SSSR count). The standard InChI is InChI=1S/C11H19NO2/c1-7(2)8-5-11(6-8,10(13)14)12-9-3-4-9/h7-9,12H,3-6H2,1-2H3,(H,13,14). The van der Waals surface area contributed by atoms with Crippen LogP contribution in [-0.2, 0) is 4.79 Å². The maximum atomic E-state index is 11.2. The van der Waals surface area contributed by atoms with Crippen LogP contribution in [0.15, 0.2) is 0 Å². The minimum absolute atomic E-state index is 0.485. The molecule has 2 aliphatic carbocycles. The van der Waals surface area contributed by atoms with Crippen LogP contribution >= 0.6 is 0 Å². The predicted molar refractivity (Wildman–Crippen MR) is 54.1 cm³/mol. The van der Waals surface area contributed by atoms with Crippen LogP contribution < -0.4 is 5.32 Å². The van der Waals surface area contributed by atoms with Crippen molar-refractivity contribution in [2.45, 2.75) is 51.1 Å². The first-order valence-corrected chi connectivity index (χ1v) is 5.54. The molecule has 0 aromatic heterocycles. The molecule has 0 aromatic rings. The molecule has 0 radical (unpaired) electrons. The number of nitrogens with one attached hydrogen (secondary N) is 1. The van der Waals surface area contributed by atoms with Crippen LogP contribution in [0.25, 0.3) is 0 Å². The van der Waals surface area contributed by atoms with Gasteiger partial charge in [-0.3, -0.25) is 10.1 Å². The van der Waals surface area contributed by atoms with E-state index in [2.05, 4.69) is 19.2 Å². The van der Waals surface area contributed by atoms with Gasteiger partial charge in [-0.15, -0.1) is 0 Å². The Morgan fingerprint density at radius 1 is 1.43 bits per heavy atom. The molecule has 3 heteroatoms. The molecule has 0 amide bonds. The summed E-state index contributed by atoms with van der Waals surface area (Å²) in [6.45, 7) is 4.35. The highest BCUT2D eigenvalue weighted by atomic mass is 16.4. The van der Waals surface area contributed by atoms with Crippen molar-refractivity contribution in [3.05, 3.63) is 0 Å². The molecule has 14 heavy (non-hydrogen) atoms. The number of aliphatic carboxylic acids is 1. The first-order chi connectivity index (χ1) is 6.53. The van der Waals surface area contributed by atoms with Gasteiger partial charge in [-0.2, -0.15) is 0 Å². The number of carboxylic acids is 1. The Balaban J connectivity index is 1.94. The lowest BCUT2D eigenvalue weighted by atomic mass is 9.64. The molecule has 2 N–H and O–H groups in total. The summed E-state index contributed by atoms with van der Waals surface area (Å²) >= 11 is 0. The Morgan fingerprint density at radius 2 is 2.00 bits per heavy atom. The molecule has 0 bridgehead atoms. The molecule has 80 valence electrons. The van der Waals surface area contributed by atoms with Gasteiger partial charge in [0.15, 0.2) is 0 Å². The third kappa shape index (κ3) is 1.65. The quantitative estimate of drug-likeness (QED) is 0.720. The van der Waals surface area contributed by atoms with Crippen molar-refractivity contribution in [3.63, 3.8) is 0 Å². The highest BCUT2D eigenvalue weighted by Gasteiger charge is 2.52. The van der Waals surface area contributed by atoms with Crippen molar-refractivity contribution in [2.75, 3.05) is 0 Å². The van der Waals surface area contributed by atoms with E-state index in [0.717, 1.165) is 25.7 Å². The molecule has 2 saturated carbocycles. The van der Waals surface area contributed by atoms with Crippen LogP contribution in [0.4, 0.5) is 0 Å².